The van der Waals surface area contributed by atoms with Gasteiger partial charge in [0, 0.05) is 31.1 Å². The van der Waals surface area contributed by atoms with Gasteiger partial charge in [-0.05, 0) is 60.9 Å². The van der Waals surface area contributed by atoms with Gasteiger partial charge in [-0.25, -0.2) is 0 Å². The second kappa shape index (κ2) is 15.9. The van der Waals surface area contributed by atoms with Gasteiger partial charge >= 0.3 is 0 Å². The van der Waals surface area contributed by atoms with Crippen molar-refractivity contribution in [2.24, 2.45) is 5.11 Å². The molecule has 0 aromatic rings. The molecule has 0 radical (unpaired) electrons. The lowest BCUT2D eigenvalue weighted by atomic mass is 9.99. The summed E-state index contributed by atoms with van der Waals surface area (Å²) in [7, 11) is 0. The summed E-state index contributed by atoms with van der Waals surface area (Å²) in [4.78, 5) is 4.46. The van der Waals surface area contributed by atoms with E-state index in [0.717, 1.165) is 0 Å². The molecular weight excluding hydrogens is 790 g/mol. The van der Waals surface area contributed by atoms with Crippen LogP contribution in [0.1, 0.15) is 55.4 Å². The van der Waals surface area contributed by atoms with Crippen molar-refractivity contribution in [2.45, 2.75) is 201 Å². The van der Waals surface area contributed by atoms with Gasteiger partial charge in [0.1, 0.15) is 54.9 Å². The van der Waals surface area contributed by atoms with Crippen molar-refractivity contribution in [3.05, 3.63) is 10.4 Å². The maximum absolute atomic E-state index is 12.0. The molecule has 4 unspecified atom stereocenters. The molecule has 23 heteroatoms. The molecule has 0 aromatic carbocycles. The number of ether oxygens (including phenoxy) is 12. The summed E-state index contributed by atoms with van der Waals surface area (Å²) in [6.45, 7) is 12.6. The third-order valence-corrected chi connectivity index (χ3v) is 11.8. The zero-order valence-corrected chi connectivity index (χ0v) is 34.2. The van der Waals surface area contributed by atoms with E-state index in [0.29, 0.717) is 0 Å². The zero-order chi connectivity index (χ0) is 42.6. The third kappa shape index (κ3) is 8.75. The lowest BCUT2D eigenvalue weighted by Gasteiger charge is -2.36. The third-order valence-electron chi connectivity index (χ3n) is 11.8. The summed E-state index contributed by atoms with van der Waals surface area (Å²) >= 11 is 0. The molecular formula is C36H59N5O18. The largest absolute Gasteiger partial charge is 0.389 e. The Labute approximate surface area is 340 Å². The van der Waals surface area contributed by atoms with Gasteiger partial charge in [0.2, 0.25) is 0 Å². The van der Waals surface area contributed by atoms with E-state index in [-0.39, 0.29) is 26.2 Å². The maximum Gasteiger partial charge on any atom is 0.190 e. The van der Waals surface area contributed by atoms with Crippen molar-refractivity contribution >= 4 is 0 Å². The van der Waals surface area contributed by atoms with E-state index in [2.05, 4.69) is 15.3 Å². The quantitative estimate of drug-likeness (QED) is 0.0544. The Morgan fingerprint density at radius 3 is 1.37 bits per heavy atom. The molecule has 8 heterocycles. The minimum absolute atomic E-state index is 0.142. The van der Waals surface area contributed by atoms with Crippen LogP contribution in [0.5, 0.6) is 0 Å². The van der Waals surface area contributed by atoms with Gasteiger partial charge in [-0.2, -0.15) is 0 Å². The highest BCUT2D eigenvalue weighted by Crippen LogP contribution is 2.43. The van der Waals surface area contributed by atoms with Crippen LogP contribution in [0.3, 0.4) is 0 Å². The first-order valence-electron chi connectivity index (χ1n) is 20.2. The van der Waals surface area contributed by atoms with E-state index in [1.807, 2.05) is 0 Å². The monoisotopic (exact) mass is 849 g/mol. The van der Waals surface area contributed by atoms with Crippen molar-refractivity contribution in [3.8, 4) is 0 Å². The molecule has 7 N–H and O–H groups in total. The molecule has 0 bridgehead atoms. The van der Waals surface area contributed by atoms with Crippen LogP contribution in [0.15, 0.2) is 5.11 Å². The fraction of sp³-hybridized carbons (Fsp3) is 1.00. The number of hydrogen-bond donors (Lipinski definition) is 7. The van der Waals surface area contributed by atoms with Gasteiger partial charge < -0.3 is 92.8 Å². The van der Waals surface area contributed by atoms with E-state index in [4.69, 9.17) is 56.8 Å². The van der Waals surface area contributed by atoms with Gasteiger partial charge in [-0.1, -0.05) is 5.11 Å². The van der Waals surface area contributed by atoms with Crippen LogP contribution in [0.2, 0.25) is 0 Å². The van der Waals surface area contributed by atoms with Crippen LogP contribution in [-0.2, 0) is 56.8 Å². The van der Waals surface area contributed by atoms with E-state index in [9.17, 15) is 36.2 Å². The molecule has 8 saturated heterocycles. The lowest BCUT2D eigenvalue weighted by molar-refractivity contribution is -0.230. The second-order valence-electron chi connectivity index (χ2n) is 18.4. The van der Waals surface area contributed by atoms with Crippen LogP contribution < -0.4 is 5.32 Å². The number of hydrogen-bond acceptors (Lipinski definition) is 21. The second-order valence-corrected chi connectivity index (χ2v) is 18.4. The summed E-state index contributed by atoms with van der Waals surface area (Å²) in [5.41, 5.74) is 9.31. The highest BCUT2D eigenvalue weighted by molar-refractivity contribution is 5.05. The molecule has 8 rings (SSSR count). The molecule has 0 amide bonds. The number of aliphatic hydroxyl groups is 6. The van der Waals surface area contributed by atoms with Crippen molar-refractivity contribution in [1.29, 1.82) is 0 Å². The fourth-order valence-corrected chi connectivity index (χ4v) is 9.49. The van der Waals surface area contributed by atoms with Crippen LogP contribution in [-0.4, -0.2) is 208 Å². The van der Waals surface area contributed by atoms with Gasteiger partial charge in [-0.15, -0.1) is 0 Å². The normalized spacial score (nSPS) is 46.8. The zero-order valence-electron chi connectivity index (χ0n) is 34.2. The minimum atomic E-state index is -1.39. The van der Waals surface area contributed by atoms with Crippen molar-refractivity contribution in [2.75, 3.05) is 26.2 Å². The van der Waals surface area contributed by atoms with Gasteiger partial charge in [0.05, 0.1) is 42.6 Å². The van der Waals surface area contributed by atoms with Crippen molar-refractivity contribution in [3.63, 3.8) is 0 Å². The number of nitrogens with zero attached hydrogens (tertiary/aromatic N) is 4. The maximum atomic E-state index is 12.0. The Kier molecular flexibility index (Phi) is 11.9. The Morgan fingerprint density at radius 1 is 0.542 bits per heavy atom. The molecule has 8 fully saturated rings. The van der Waals surface area contributed by atoms with E-state index in [1.165, 1.54) is 4.90 Å². The molecule has 8 aliphatic rings. The SMILES string of the molecule is CC1(C)O[C@H]2O[C@H](C(O)CN(CC(O)[C@H]3O[C@@H]4OC(C)(C)O[C@@H]4[C@H]3O)CC(O)[C@H]3O[C@@H]4OC(C)(C)O[C@@H]4[C@H]3NCC(O)[C@H]3O[C@@H]4OC(C)(C)O[C@@H]4[C@H]3N=[N+]=[N-])[C@H](O)[C@H]2O1. The number of fused-ring (bicyclic) bond motifs is 4. The highest BCUT2D eigenvalue weighted by Gasteiger charge is 2.60. The smallest absolute Gasteiger partial charge is 0.190 e. The van der Waals surface area contributed by atoms with Gasteiger partial charge in [0.25, 0.3) is 0 Å². The number of azide groups is 1. The van der Waals surface area contributed by atoms with Crippen molar-refractivity contribution < 1.29 is 87.5 Å². The Balaban J connectivity index is 0.972. The van der Waals surface area contributed by atoms with E-state index >= 15 is 0 Å². The molecule has 8 aliphatic heterocycles. The average molecular weight is 850 g/mol. The van der Waals surface area contributed by atoms with Gasteiger partial charge in [-0.3, -0.25) is 4.90 Å². The van der Waals surface area contributed by atoms with Crippen LogP contribution in [0.25, 0.3) is 10.4 Å². The first-order valence-corrected chi connectivity index (χ1v) is 20.2. The van der Waals surface area contributed by atoms with Crippen molar-refractivity contribution in [1.82, 2.24) is 10.2 Å². The van der Waals surface area contributed by atoms with Gasteiger partial charge in [0.15, 0.2) is 48.3 Å². The van der Waals surface area contributed by atoms with Crippen LogP contribution in [0, 0.1) is 0 Å². The molecule has 59 heavy (non-hydrogen) atoms. The molecule has 20 atom stereocenters. The molecule has 336 valence electrons. The highest BCUT2D eigenvalue weighted by atomic mass is 16.9. The summed E-state index contributed by atoms with van der Waals surface area (Å²) in [6.07, 6.45) is -19.2. The van der Waals surface area contributed by atoms with Crippen LogP contribution >= 0.6 is 0 Å². The number of aliphatic hydroxyl groups excluding tert-OH is 6. The summed E-state index contributed by atoms with van der Waals surface area (Å²) in [5, 5.41) is 75.7. The Bertz CT molecular complexity index is 1520. The summed E-state index contributed by atoms with van der Waals surface area (Å²) < 4.78 is 71.0. The van der Waals surface area contributed by atoms with E-state index < -0.39 is 146 Å². The number of rotatable bonds is 14. The fourth-order valence-electron chi connectivity index (χ4n) is 9.49. The Hall–Kier alpha value is -1.49. The van der Waals surface area contributed by atoms with E-state index in [1.54, 1.807) is 55.4 Å². The molecule has 0 aromatic heterocycles. The predicted molar refractivity (Wildman–Crippen MR) is 192 cm³/mol. The predicted octanol–water partition coefficient (Wildman–Crippen LogP) is -2.40. The topological polar surface area (TPSA) is 296 Å². The average Bonchev–Trinajstić information content (AvgIpc) is 3.98. The molecule has 23 nitrogen and oxygen atoms in total. The first kappa shape index (κ1) is 44.1. The molecule has 0 aliphatic carbocycles. The Morgan fingerprint density at radius 2 is 0.915 bits per heavy atom. The van der Waals surface area contributed by atoms with Crippen LogP contribution in [0.4, 0.5) is 0 Å². The first-order chi connectivity index (χ1) is 27.5. The lowest BCUT2D eigenvalue weighted by Crippen LogP contribution is -2.57. The standard InChI is InChI=1S/C36H59N5O18/c1-33(2)52-25-17(38-9-13(42)21-18(39-40-37)26-30(48-21)57-34(3,4)53-26)22(49-29(25)56-33)14(43)10-41(11-15(44)23-19(46)27-31(50-23)58-35(5,6)54-27)12-16(45)24-20(47)28-32(51-24)59-36(7,8)55-28/h13-32,38,42-47H,9-12H2,1-8H3/t13?,14?,15?,16?,17-,18-,19-,20-,21+,22+,23+,24+,25+,26+,27+,28+,29+,30+,31+,32+/m0/s1. The number of nitrogens with one attached hydrogen (secondary N) is 1. The molecule has 0 saturated carbocycles. The molecule has 0 spiro atoms. The summed E-state index contributed by atoms with van der Waals surface area (Å²) in [6, 6.07) is -1.71. The summed E-state index contributed by atoms with van der Waals surface area (Å²) in [5.74, 6) is -4.04. The minimum Gasteiger partial charge on any atom is -0.389 e.